The summed E-state index contributed by atoms with van der Waals surface area (Å²) in [5.74, 6) is 0.277. The zero-order valence-corrected chi connectivity index (χ0v) is 21.7. The minimum atomic E-state index is -0.270. The van der Waals surface area contributed by atoms with Gasteiger partial charge in [0.15, 0.2) is 5.11 Å². The Morgan fingerprint density at radius 2 is 2.14 bits per heavy atom. The van der Waals surface area contributed by atoms with Gasteiger partial charge in [-0.15, -0.1) is 0 Å². The van der Waals surface area contributed by atoms with Crippen LogP contribution < -0.4 is 20.3 Å². The zero-order chi connectivity index (χ0) is 25.8. The molecule has 194 valence electrons. The number of thiocarbonyl (C=S) groups is 1. The molecule has 0 aliphatic carbocycles. The van der Waals surface area contributed by atoms with E-state index < -0.39 is 0 Å². The molecule has 2 N–H and O–H groups in total. The summed E-state index contributed by atoms with van der Waals surface area (Å²) in [7, 11) is 3.05. The molecule has 37 heavy (non-hydrogen) atoms. The highest BCUT2D eigenvalue weighted by Gasteiger charge is 2.42. The van der Waals surface area contributed by atoms with Gasteiger partial charge in [0.05, 0.1) is 30.6 Å². The second-order valence-electron chi connectivity index (χ2n) is 9.08. The van der Waals surface area contributed by atoms with E-state index in [4.69, 9.17) is 26.4 Å². The summed E-state index contributed by atoms with van der Waals surface area (Å²) in [4.78, 5) is 19.0. The molecule has 0 saturated carbocycles. The first-order valence-electron chi connectivity index (χ1n) is 12.3. The first-order valence-corrected chi connectivity index (χ1v) is 12.7. The number of benzene rings is 1. The van der Waals surface area contributed by atoms with Crippen LogP contribution in [-0.2, 0) is 20.8 Å². The summed E-state index contributed by atoms with van der Waals surface area (Å²) in [5.41, 5.74) is 3.35. The fraction of sp³-hybridized carbons (Fsp3) is 0.370. The van der Waals surface area contributed by atoms with Gasteiger partial charge < -0.3 is 34.3 Å². The van der Waals surface area contributed by atoms with E-state index in [0.29, 0.717) is 16.5 Å². The van der Waals surface area contributed by atoms with Crippen LogP contribution in [0.15, 0.2) is 60.9 Å². The van der Waals surface area contributed by atoms with E-state index in [2.05, 4.69) is 43.4 Å². The lowest BCUT2D eigenvalue weighted by Crippen LogP contribution is -2.31. The predicted octanol–water partition coefficient (Wildman–Crippen LogP) is 3.83. The van der Waals surface area contributed by atoms with Gasteiger partial charge in [0.2, 0.25) is 5.91 Å². The number of methoxy groups -OCH3 is 2. The van der Waals surface area contributed by atoms with Crippen molar-refractivity contribution in [2.75, 3.05) is 37.7 Å². The molecule has 1 aromatic carbocycles. The third-order valence-corrected chi connectivity index (χ3v) is 7.02. The standard InChI is InChI=1S/C27H31N5O4S/c1-34-17-24(33)29-21-15-18(10-11-23(21)35-2)32-26(25(30-27(32)37)20-8-3-4-12-28-20)22-9-5-13-31(22)16-19-7-6-14-36-19/h3-5,8-13,15,19,25-26H,6-7,14,16-17H2,1-2H3,(H,29,33)(H,30,37)/t19-,25-,26+/m0/s1. The second-order valence-corrected chi connectivity index (χ2v) is 9.47. The highest BCUT2D eigenvalue weighted by molar-refractivity contribution is 7.80. The number of nitrogens with zero attached hydrogens (tertiary/aromatic N) is 3. The number of nitrogens with one attached hydrogen (secondary N) is 2. The Labute approximate surface area is 221 Å². The number of hydrogen-bond acceptors (Lipinski definition) is 6. The van der Waals surface area contributed by atoms with Crippen LogP contribution in [0.4, 0.5) is 11.4 Å². The van der Waals surface area contributed by atoms with Gasteiger partial charge in [-0.2, -0.15) is 0 Å². The van der Waals surface area contributed by atoms with Crippen molar-refractivity contribution in [2.24, 2.45) is 0 Å². The molecule has 2 aromatic heterocycles. The van der Waals surface area contributed by atoms with Crippen LogP contribution >= 0.6 is 12.2 Å². The van der Waals surface area contributed by atoms with E-state index >= 15 is 0 Å². The maximum Gasteiger partial charge on any atom is 0.250 e. The number of rotatable bonds is 9. The number of ether oxygens (including phenoxy) is 3. The van der Waals surface area contributed by atoms with Gasteiger partial charge >= 0.3 is 0 Å². The summed E-state index contributed by atoms with van der Waals surface area (Å²) >= 11 is 5.89. The normalized spacial score (nSPS) is 21.2. The molecular formula is C27H31N5O4S. The molecule has 3 aromatic rings. The van der Waals surface area contributed by atoms with Crippen molar-refractivity contribution in [3.05, 3.63) is 72.3 Å². The number of hydrogen-bond donors (Lipinski definition) is 2. The van der Waals surface area contributed by atoms with E-state index in [0.717, 1.165) is 43.1 Å². The maximum atomic E-state index is 12.3. The fourth-order valence-corrected chi connectivity index (χ4v) is 5.41. The van der Waals surface area contributed by atoms with Crippen molar-refractivity contribution in [2.45, 2.75) is 37.6 Å². The smallest absolute Gasteiger partial charge is 0.250 e. The quantitative estimate of drug-likeness (QED) is 0.411. The van der Waals surface area contributed by atoms with Crippen LogP contribution in [0.25, 0.3) is 0 Å². The van der Waals surface area contributed by atoms with Crippen LogP contribution in [0.2, 0.25) is 0 Å². The van der Waals surface area contributed by atoms with Gasteiger partial charge in [0.1, 0.15) is 18.4 Å². The maximum absolute atomic E-state index is 12.3. The molecule has 2 aliphatic heterocycles. The third kappa shape index (κ3) is 5.31. The number of carbonyl (C=O) groups is 1. The Bertz CT molecular complexity index is 1240. The Morgan fingerprint density at radius 3 is 2.86 bits per heavy atom. The molecule has 0 bridgehead atoms. The molecule has 2 fully saturated rings. The van der Waals surface area contributed by atoms with Crippen molar-refractivity contribution < 1.29 is 19.0 Å². The van der Waals surface area contributed by atoms with Gasteiger partial charge in [0, 0.05) is 44.0 Å². The lowest BCUT2D eigenvalue weighted by Gasteiger charge is -2.30. The lowest BCUT2D eigenvalue weighted by atomic mass is 10.0. The Hall–Kier alpha value is -3.47. The van der Waals surface area contributed by atoms with Crippen molar-refractivity contribution in [1.82, 2.24) is 14.9 Å². The van der Waals surface area contributed by atoms with E-state index in [9.17, 15) is 4.79 Å². The predicted molar refractivity (Wildman–Crippen MR) is 145 cm³/mol. The van der Waals surface area contributed by atoms with Crippen molar-refractivity contribution in [1.29, 1.82) is 0 Å². The van der Waals surface area contributed by atoms with Gasteiger partial charge in [-0.1, -0.05) is 6.07 Å². The SMILES string of the molecule is COCC(=O)Nc1cc(N2C(=S)N[C@@H](c3ccccn3)[C@H]2c2cccn2C[C@@H]2CCCO2)ccc1OC. The van der Waals surface area contributed by atoms with E-state index in [1.807, 2.05) is 36.4 Å². The fourth-order valence-electron chi connectivity index (χ4n) is 5.06. The lowest BCUT2D eigenvalue weighted by molar-refractivity contribution is -0.119. The van der Waals surface area contributed by atoms with E-state index in [1.165, 1.54) is 7.11 Å². The van der Waals surface area contributed by atoms with E-state index in [1.54, 1.807) is 13.3 Å². The van der Waals surface area contributed by atoms with Gasteiger partial charge in [-0.25, -0.2) is 0 Å². The molecule has 3 atom stereocenters. The minimum Gasteiger partial charge on any atom is -0.495 e. The number of amides is 1. The van der Waals surface area contributed by atoms with Crippen LogP contribution in [0.1, 0.15) is 36.3 Å². The van der Waals surface area contributed by atoms with Crippen molar-refractivity contribution >= 4 is 34.6 Å². The molecule has 2 aliphatic rings. The Balaban J connectivity index is 1.56. The van der Waals surface area contributed by atoms with Crippen LogP contribution in [0, 0.1) is 0 Å². The average molecular weight is 522 g/mol. The van der Waals surface area contributed by atoms with Crippen molar-refractivity contribution in [3.63, 3.8) is 0 Å². The zero-order valence-electron chi connectivity index (χ0n) is 20.9. The molecule has 2 saturated heterocycles. The molecule has 1 amide bonds. The van der Waals surface area contributed by atoms with Crippen LogP contribution in [0.3, 0.4) is 0 Å². The Morgan fingerprint density at radius 1 is 1.24 bits per heavy atom. The average Bonchev–Trinajstić information content (AvgIpc) is 3.65. The molecule has 9 nitrogen and oxygen atoms in total. The van der Waals surface area contributed by atoms with Gasteiger partial charge in [-0.3, -0.25) is 9.78 Å². The molecule has 5 rings (SSSR count). The molecule has 0 radical (unpaired) electrons. The molecule has 0 unspecified atom stereocenters. The summed E-state index contributed by atoms with van der Waals surface area (Å²) in [6.07, 6.45) is 6.22. The van der Waals surface area contributed by atoms with Gasteiger partial charge in [-0.05, 0) is 67.5 Å². The number of carbonyl (C=O) groups excluding carboxylic acids is 1. The molecular weight excluding hydrogens is 490 g/mol. The Kier molecular flexibility index (Phi) is 7.68. The number of pyridine rings is 1. The summed E-state index contributed by atoms with van der Waals surface area (Å²) in [5, 5.41) is 6.95. The summed E-state index contributed by atoms with van der Waals surface area (Å²) in [6, 6.07) is 15.4. The van der Waals surface area contributed by atoms with E-state index in [-0.39, 0.29) is 30.7 Å². The molecule has 4 heterocycles. The highest BCUT2D eigenvalue weighted by Crippen LogP contribution is 2.43. The summed E-state index contributed by atoms with van der Waals surface area (Å²) in [6.45, 7) is 1.52. The highest BCUT2D eigenvalue weighted by atomic mass is 32.1. The van der Waals surface area contributed by atoms with Crippen LogP contribution in [-0.4, -0.2) is 54.1 Å². The number of anilines is 2. The first kappa shape index (κ1) is 25.2. The topological polar surface area (TPSA) is 89.9 Å². The monoisotopic (exact) mass is 521 g/mol. The number of aromatic nitrogens is 2. The molecule has 10 heteroatoms. The summed E-state index contributed by atoms with van der Waals surface area (Å²) < 4.78 is 18.7. The van der Waals surface area contributed by atoms with Crippen molar-refractivity contribution in [3.8, 4) is 5.75 Å². The second kappa shape index (κ2) is 11.3. The van der Waals surface area contributed by atoms with Crippen LogP contribution in [0.5, 0.6) is 5.75 Å². The minimum absolute atomic E-state index is 0.0573. The van der Waals surface area contributed by atoms with Gasteiger partial charge in [0.25, 0.3) is 0 Å². The first-order chi connectivity index (χ1) is 18.1. The molecule has 0 spiro atoms. The third-order valence-electron chi connectivity index (χ3n) is 6.70. The largest absolute Gasteiger partial charge is 0.495 e.